The second-order valence-corrected chi connectivity index (χ2v) is 7.52. The zero-order chi connectivity index (χ0) is 22.9. The quantitative estimate of drug-likeness (QED) is 0.725. The molecule has 0 spiro atoms. The average molecular weight is 446 g/mol. The zero-order valence-electron chi connectivity index (χ0n) is 17.3. The van der Waals surface area contributed by atoms with E-state index in [4.69, 9.17) is 9.47 Å². The summed E-state index contributed by atoms with van der Waals surface area (Å²) in [4.78, 5) is 28.7. The highest BCUT2D eigenvalue weighted by Crippen LogP contribution is 2.31. The lowest BCUT2D eigenvalue weighted by Crippen LogP contribution is -2.51. The van der Waals surface area contributed by atoms with Crippen LogP contribution < -0.4 is 9.47 Å². The van der Waals surface area contributed by atoms with Gasteiger partial charge in [0.15, 0.2) is 0 Å². The molecule has 6 nitrogen and oxygen atoms in total. The van der Waals surface area contributed by atoms with E-state index in [1.165, 1.54) is 17.0 Å². The number of carbonyl (C=O) groups is 2. The van der Waals surface area contributed by atoms with Gasteiger partial charge in [0.1, 0.15) is 18.1 Å². The van der Waals surface area contributed by atoms with Crippen molar-refractivity contribution >= 4 is 17.9 Å². The third-order valence-corrected chi connectivity index (χ3v) is 5.50. The van der Waals surface area contributed by atoms with Crippen molar-refractivity contribution in [1.82, 2.24) is 9.80 Å². The molecule has 2 heterocycles. The van der Waals surface area contributed by atoms with Crippen LogP contribution in [0.1, 0.15) is 21.5 Å². The number of alkyl halides is 3. The lowest BCUT2D eigenvalue weighted by molar-refractivity contribution is -0.137. The topological polar surface area (TPSA) is 59.1 Å². The van der Waals surface area contributed by atoms with Crippen molar-refractivity contribution in [3.8, 4) is 11.5 Å². The van der Waals surface area contributed by atoms with E-state index in [-0.39, 0.29) is 44.3 Å². The first-order valence-corrected chi connectivity index (χ1v) is 10.0. The summed E-state index contributed by atoms with van der Waals surface area (Å²) in [5.41, 5.74) is 0.397. The SMILES string of the molecule is COc1ccc2c(c1)OCC(C(=O)N1CCN(C(=O)c3cccc(C(F)(F)F)c3)CC1)=C2. The monoisotopic (exact) mass is 446 g/mol. The van der Waals surface area contributed by atoms with Crippen molar-refractivity contribution in [2.24, 2.45) is 0 Å². The van der Waals surface area contributed by atoms with Gasteiger partial charge in [-0.25, -0.2) is 0 Å². The van der Waals surface area contributed by atoms with Crippen LogP contribution in [-0.2, 0) is 11.0 Å². The first-order chi connectivity index (χ1) is 15.3. The molecule has 0 bridgehead atoms. The molecule has 9 heteroatoms. The number of benzene rings is 2. The Bertz CT molecular complexity index is 1070. The molecule has 4 rings (SSSR count). The van der Waals surface area contributed by atoms with Gasteiger partial charge in [0.25, 0.3) is 11.8 Å². The molecule has 2 aliphatic rings. The number of piperazine rings is 1. The maximum absolute atomic E-state index is 12.9. The molecule has 2 amide bonds. The lowest BCUT2D eigenvalue weighted by Gasteiger charge is -2.35. The van der Waals surface area contributed by atoms with Crippen molar-refractivity contribution in [3.63, 3.8) is 0 Å². The number of amides is 2. The number of methoxy groups -OCH3 is 1. The van der Waals surface area contributed by atoms with Gasteiger partial charge in [0.2, 0.25) is 0 Å². The minimum Gasteiger partial charge on any atom is -0.497 e. The molecule has 0 aromatic heterocycles. The second-order valence-electron chi connectivity index (χ2n) is 7.52. The predicted octanol–water partition coefficient (Wildman–Crippen LogP) is 3.47. The van der Waals surface area contributed by atoms with Crippen LogP contribution in [0.2, 0.25) is 0 Å². The van der Waals surface area contributed by atoms with Gasteiger partial charge in [-0.1, -0.05) is 6.07 Å². The van der Waals surface area contributed by atoms with Gasteiger partial charge in [-0.15, -0.1) is 0 Å². The maximum atomic E-state index is 12.9. The molecule has 32 heavy (non-hydrogen) atoms. The van der Waals surface area contributed by atoms with Gasteiger partial charge in [0, 0.05) is 43.4 Å². The molecular weight excluding hydrogens is 425 g/mol. The van der Waals surface area contributed by atoms with Gasteiger partial charge >= 0.3 is 6.18 Å². The van der Waals surface area contributed by atoms with Gasteiger partial charge in [-0.2, -0.15) is 13.2 Å². The molecule has 2 aromatic carbocycles. The van der Waals surface area contributed by atoms with E-state index in [1.54, 1.807) is 30.2 Å². The summed E-state index contributed by atoms with van der Waals surface area (Å²) in [7, 11) is 1.56. The molecule has 0 radical (unpaired) electrons. The number of hydrogen-bond donors (Lipinski definition) is 0. The number of fused-ring (bicyclic) bond motifs is 1. The van der Waals surface area contributed by atoms with Crippen molar-refractivity contribution < 1.29 is 32.2 Å². The third-order valence-electron chi connectivity index (χ3n) is 5.50. The van der Waals surface area contributed by atoms with E-state index < -0.39 is 17.6 Å². The van der Waals surface area contributed by atoms with E-state index in [0.29, 0.717) is 17.1 Å². The summed E-state index contributed by atoms with van der Waals surface area (Å²) in [5.74, 6) is 0.634. The highest BCUT2D eigenvalue weighted by molar-refractivity contribution is 5.99. The summed E-state index contributed by atoms with van der Waals surface area (Å²) in [6.07, 6.45) is -2.73. The molecule has 1 fully saturated rings. The van der Waals surface area contributed by atoms with Crippen LogP contribution in [0, 0.1) is 0 Å². The number of ether oxygens (including phenoxy) is 2. The molecule has 2 aliphatic heterocycles. The second kappa shape index (κ2) is 8.57. The molecule has 1 saturated heterocycles. The van der Waals surface area contributed by atoms with Crippen LogP contribution in [0.4, 0.5) is 13.2 Å². The van der Waals surface area contributed by atoms with Crippen molar-refractivity contribution in [1.29, 1.82) is 0 Å². The lowest BCUT2D eigenvalue weighted by atomic mass is 10.1. The van der Waals surface area contributed by atoms with Crippen LogP contribution >= 0.6 is 0 Å². The Morgan fingerprint density at radius 1 is 0.969 bits per heavy atom. The molecule has 0 unspecified atom stereocenters. The highest BCUT2D eigenvalue weighted by Gasteiger charge is 2.32. The van der Waals surface area contributed by atoms with E-state index in [9.17, 15) is 22.8 Å². The number of hydrogen-bond acceptors (Lipinski definition) is 4. The van der Waals surface area contributed by atoms with E-state index in [0.717, 1.165) is 17.7 Å². The molecule has 0 atom stereocenters. The molecule has 0 aliphatic carbocycles. The Morgan fingerprint density at radius 3 is 2.31 bits per heavy atom. The number of halogens is 3. The molecule has 2 aromatic rings. The van der Waals surface area contributed by atoms with Crippen LogP contribution in [-0.4, -0.2) is 61.5 Å². The first kappa shape index (κ1) is 21.7. The summed E-state index contributed by atoms with van der Waals surface area (Å²) in [5, 5.41) is 0. The largest absolute Gasteiger partial charge is 0.497 e. The number of nitrogens with zero attached hydrogens (tertiary/aromatic N) is 2. The zero-order valence-corrected chi connectivity index (χ0v) is 17.3. The summed E-state index contributed by atoms with van der Waals surface area (Å²) in [6.45, 7) is 1.18. The molecule has 0 N–H and O–H groups in total. The fraction of sp³-hybridized carbons (Fsp3) is 0.304. The fourth-order valence-corrected chi connectivity index (χ4v) is 3.72. The van der Waals surface area contributed by atoms with E-state index >= 15 is 0 Å². The van der Waals surface area contributed by atoms with Crippen molar-refractivity contribution in [2.45, 2.75) is 6.18 Å². The van der Waals surface area contributed by atoms with Crippen LogP contribution in [0.5, 0.6) is 11.5 Å². The maximum Gasteiger partial charge on any atom is 0.416 e. The van der Waals surface area contributed by atoms with Gasteiger partial charge < -0.3 is 19.3 Å². The Kier molecular flexibility index (Phi) is 5.82. The Morgan fingerprint density at radius 2 is 1.66 bits per heavy atom. The Hall–Kier alpha value is -3.49. The van der Waals surface area contributed by atoms with Gasteiger partial charge in [-0.3, -0.25) is 9.59 Å². The summed E-state index contributed by atoms with van der Waals surface area (Å²) in [6, 6.07) is 9.73. The van der Waals surface area contributed by atoms with Gasteiger partial charge in [0.05, 0.1) is 18.2 Å². The standard InChI is InChI=1S/C23H21F3N2O4/c1-31-19-6-5-15-11-17(14-32-20(15)13-19)22(30)28-9-7-27(8-10-28)21(29)16-3-2-4-18(12-16)23(24,25)26/h2-6,11-13H,7-10,14H2,1H3. The van der Waals surface area contributed by atoms with E-state index in [1.807, 2.05) is 6.07 Å². The van der Waals surface area contributed by atoms with Crippen molar-refractivity contribution in [3.05, 3.63) is 64.7 Å². The van der Waals surface area contributed by atoms with Gasteiger partial charge in [-0.05, 0) is 36.4 Å². The number of carbonyl (C=O) groups excluding carboxylic acids is 2. The average Bonchev–Trinajstić information content (AvgIpc) is 2.82. The summed E-state index contributed by atoms with van der Waals surface area (Å²) < 4.78 is 49.7. The normalized spacial score (nSPS) is 16.1. The van der Waals surface area contributed by atoms with Crippen LogP contribution in [0.3, 0.4) is 0 Å². The van der Waals surface area contributed by atoms with Crippen molar-refractivity contribution in [2.75, 3.05) is 39.9 Å². The third kappa shape index (κ3) is 4.42. The predicted molar refractivity (Wildman–Crippen MR) is 110 cm³/mol. The molecule has 168 valence electrons. The van der Waals surface area contributed by atoms with E-state index in [2.05, 4.69) is 0 Å². The van der Waals surface area contributed by atoms with Crippen LogP contribution in [0.15, 0.2) is 48.0 Å². The fourth-order valence-electron chi connectivity index (χ4n) is 3.72. The summed E-state index contributed by atoms with van der Waals surface area (Å²) >= 11 is 0. The first-order valence-electron chi connectivity index (χ1n) is 10.0. The Balaban J connectivity index is 1.40. The Labute approximate surface area is 182 Å². The van der Waals surface area contributed by atoms with Crippen LogP contribution in [0.25, 0.3) is 6.08 Å². The smallest absolute Gasteiger partial charge is 0.416 e. The molecule has 0 saturated carbocycles. The minimum absolute atomic E-state index is 0.0185. The molecular formula is C23H21F3N2O4. The minimum atomic E-state index is -4.51. The number of rotatable bonds is 3. The highest BCUT2D eigenvalue weighted by atomic mass is 19.4.